The Morgan fingerprint density at radius 3 is 2.80 bits per heavy atom. The summed E-state index contributed by atoms with van der Waals surface area (Å²) >= 11 is 0. The van der Waals surface area contributed by atoms with Gasteiger partial charge in [0, 0.05) is 48.7 Å². The normalized spacial score (nSPS) is 16.3. The van der Waals surface area contributed by atoms with Gasteiger partial charge in [0.1, 0.15) is 5.75 Å². The lowest BCUT2D eigenvalue weighted by molar-refractivity contribution is -0.131. The van der Waals surface area contributed by atoms with Crippen molar-refractivity contribution in [1.82, 2.24) is 14.9 Å². The highest BCUT2D eigenvalue weighted by Gasteiger charge is 2.26. The Morgan fingerprint density at radius 1 is 1.10 bits per heavy atom. The summed E-state index contributed by atoms with van der Waals surface area (Å²) in [6, 6.07) is 20.0. The average molecular weight is 402 g/mol. The number of carbonyl (C=O) groups is 1. The van der Waals surface area contributed by atoms with E-state index in [0.29, 0.717) is 6.42 Å². The van der Waals surface area contributed by atoms with E-state index in [1.54, 1.807) is 13.3 Å². The summed E-state index contributed by atoms with van der Waals surface area (Å²) in [5.41, 5.74) is 4.11. The van der Waals surface area contributed by atoms with Crippen molar-refractivity contribution in [2.24, 2.45) is 0 Å². The van der Waals surface area contributed by atoms with Crippen LogP contribution in [0.25, 0.3) is 0 Å². The number of amides is 1. The average Bonchev–Trinajstić information content (AvgIpc) is 2.80. The van der Waals surface area contributed by atoms with Crippen LogP contribution in [0.5, 0.6) is 5.75 Å². The topological polar surface area (TPSA) is 55.3 Å². The fourth-order valence-electron chi connectivity index (χ4n) is 4.03. The maximum absolute atomic E-state index is 12.8. The zero-order chi connectivity index (χ0) is 20.8. The van der Waals surface area contributed by atoms with Gasteiger partial charge < -0.3 is 9.64 Å². The van der Waals surface area contributed by atoms with E-state index in [-0.39, 0.29) is 11.8 Å². The molecule has 1 saturated heterocycles. The largest absolute Gasteiger partial charge is 0.497 e. The van der Waals surface area contributed by atoms with E-state index in [2.05, 4.69) is 29.2 Å². The monoisotopic (exact) mass is 401 g/mol. The van der Waals surface area contributed by atoms with E-state index >= 15 is 0 Å². The van der Waals surface area contributed by atoms with E-state index in [1.807, 2.05) is 41.3 Å². The SMILES string of the molecule is COc1cccc(Cc2cccc(C3CCCN(C(=O)Cc4ccccn4)C3)n2)c1. The number of rotatable bonds is 6. The van der Waals surface area contributed by atoms with Gasteiger partial charge in [-0.1, -0.05) is 24.3 Å². The van der Waals surface area contributed by atoms with E-state index in [0.717, 1.165) is 55.2 Å². The number of nitrogens with zero attached hydrogens (tertiary/aromatic N) is 3. The number of ether oxygens (including phenoxy) is 1. The number of piperidine rings is 1. The molecule has 1 fully saturated rings. The highest BCUT2D eigenvalue weighted by molar-refractivity contribution is 5.78. The summed E-state index contributed by atoms with van der Waals surface area (Å²) in [6.07, 6.45) is 4.92. The van der Waals surface area contributed by atoms with Crippen LogP contribution in [0.2, 0.25) is 0 Å². The molecule has 5 heteroatoms. The Balaban J connectivity index is 1.43. The molecule has 1 amide bonds. The lowest BCUT2D eigenvalue weighted by Gasteiger charge is -2.32. The van der Waals surface area contributed by atoms with Crippen LogP contribution in [0, 0.1) is 0 Å². The minimum absolute atomic E-state index is 0.144. The molecule has 1 aliphatic heterocycles. The minimum Gasteiger partial charge on any atom is -0.497 e. The summed E-state index contributed by atoms with van der Waals surface area (Å²) in [5.74, 6) is 1.28. The molecular formula is C25H27N3O2. The summed E-state index contributed by atoms with van der Waals surface area (Å²) in [4.78, 5) is 24.0. The van der Waals surface area contributed by atoms with Gasteiger partial charge in [-0.05, 0) is 54.8 Å². The highest BCUT2D eigenvalue weighted by Crippen LogP contribution is 2.26. The first kappa shape index (κ1) is 20.1. The quantitative estimate of drug-likeness (QED) is 0.626. The first-order valence-corrected chi connectivity index (χ1v) is 10.5. The molecule has 4 rings (SSSR count). The molecular weight excluding hydrogens is 374 g/mol. The van der Waals surface area contributed by atoms with Crippen molar-refractivity contribution in [1.29, 1.82) is 0 Å². The van der Waals surface area contributed by atoms with Crippen LogP contribution >= 0.6 is 0 Å². The number of methoxy groups -OCH3 is 1. The smallest absolute Gasteiger partial charge is 0.228 e. The van der Waals surface area contributed by atoms with Crippen molar-refractivity contribution in [3.05, 3.63) is 89.5 Å². The van der Waals surface area contributed by atoms with Crippen molar-refractivity contribution in [3.63, 3.8) is 0 Å². The zero-order valence-electron chi connectivity index (χ0n) is 17.3. The Hall–Kier alpha value is -3.21. The number of carbonyl (C=O) groups excluding carboxylic acids is 1. The summed E-state index contributed by atoms with van der Waals surface area (Å²) in [5, 5.41) is 0. The van der Waals surface area contributed by atoms with Crippen LogP contribution in [0.1, 0.15) is 41.4 Å². The molecule has 0 aliphatic carbocycles. The van der Waals surface area contributed by atoms with Crippen molar-refractivity contribution >= 4 is 5.91 Å². The lowest BCUT2D eigenvalue weighted by atomic mass is 9.93. The molecule has 0 spiro atoms. The minimum atomic E-state index is 0.144. The molecule has 1 atom stereocenters. The first-order chi connectivity index (χ1) is 14.7. The maximum atomic E-state index is 12.8. The van der Waals surface area contributed by atoms with Gasteiger partial charge in [0.05, 0.1) is 13.5 Å². The first-order valence-electron chi connectivity index (χ1n) is 10.5. The summed E-state index contributed by atoms with van der Waals surface area (Å²) in [6.45, 7) is 1.53. The van der Waals surface area contributed by atoms with Crippen LogP contribution in [-0.2, 0) is 17.6 Å². The molecule has 0 saturated carbocycles. The van der Waals surface area contributed by atoms with Gasteiger partial charge in [-0.15, -0.1) is 0 Å². The molecule has 0 radical (unpaired) electrons. The lowest BCUT2D eigenvalue weighted by Crippen LogP contribution is -2.40. The number of aromatic nitrogens is 2. The molecule has 2 aromatic heterocycles. The molecule has 1 aromatic carbocycles. The number of pyridine rings is 2. The van der Waals surface area contributed by atoms with Crippen LogP contribution in [0.3, 0.4) is 0 Å². The predicted octanol–water partition coefficient (Wildman–Crippen LogP) is 4.02. The summed E-state index contributed by atoms with van der Waals surface area (Å²) in [7, 11) is 1.68. The highest BCUT2D eigenvalue weighted by atomic mass is 16.5. The van der Waals surface area contributed by atoms with Crippen molar-refractivity contribution in [2.75, 3.05) is 20.2 Å². The van der Waals surface area contributed by atoms with Gasteiger partial charge in [0.15, 0.2) is 0 Å². The van der Waals surface area contributed by atoms with Crippen LogP contribution < -0.4 is 4.74 Å². The Bertz CT molecular complexity index is 990. The Kier molecular flexibility index (Phi) is 6.38. The Labute approximate surface area is 177 Å². The fourth-order valence-corrected chi connectivity index (χ4v) is 4.03. The predicted molar refractivity (Wildman–Crippen MR) is 117 cm³/mol. The van der Waals surface area contributed by atoms with Gasteiger partial charge >= 0.3 is 0 Å². The molecule has 154 valence electrons. The maximum Gasteiger partial charge on any atom is 0.228 e. The molecule has 3 heterocycles. The fraction of sp³-hybridized carbons (Fsp3) is 0.320. The third-order valence-corrected chi connectivity index (χ3v) is 5.60. The summed E-state index contributed by atoms with van der Waals surface area (Å²) < 4.78 is 5.33. The molecule has 1 aliphatic rings. The van der Waals surface area contributed by atoms with Gasteiger partial charge in [-0.3, -0.25) is 14.8 Å². The molecule has 0 bridgehead atoms. The van der Waals surface area contributed by atoms with E-state index < -0.39 is 0 Å². The van der Waals surface area contributed by atoms with Crippen LogP contribution in [0.15, 0.2) is 66.9 Å². The number of hydrogen-bond acceptors (Lipinski definition) is 4. The van der Waals surface area contributed by atoms with Gasteiger partial charge in [-0.25, -0.2) is 0 Å². The number of hydrogen-bond donors (Lipinski definition) is 0. The Morgan fingerprint density at radius 2 is 1.97 bits per heavy atom. The van der Waals surface area contributed by atoms with Crippen LogP contribution in [-0.4, -0.2) is 41.0 Å². The van der Waals surface area contributed by atoms with Crippen molar-refractivity contribution in [3.8, 4) is 5.75 Å². The van der Waals surface area contributed by atoms with Gasteiger partial charge in [-0.2, -0.15) is 0 Å². The second-order valence-corrected chi connectivity index (χ2v) is 7.76. The second-order valence-electron chi connectivity index (χ2n) is 7.76. The third-order valence-electron chi connectivity index (χ3n) is 5.60. The van der Waals surface area contributed by atoms with Gasteiger partial charge in [0.25, 0.3) is 0 Å². The van der Waals surface area contributed by atoms with E-state index in [9.17, 15) is 4.79 Å². The van der Waals surface area contributed by atoms with Crippen LogP contribution in [0.4, 0.5) is 0 Å². The molecule has 0 N–H and O–H groups in total. The molecule has 1 unspecified atom stereocenters. The van der Waals surface area contributed by atoms with Gasteiger partial charge in [0.2, 0.25) is 5.91 Å². The van der Waals surface area contributed by atoms with E-state index in [4.69, 9.17) is 9.72 Å². The standard InChI is InChI=1S/C25H27N3O2/c1-30-23-11-4-7-19(16-23)15-22-10-5-12-24(27-22)20-8-6-14-28(18-20)25(29)17-21-9-2-3-13-26-21/h2-5,7,9-13,16,20H,6,8,14-15,17-18H2,1H3. The second kappa shape index (κ2) is 9.53. The van der Waals surface area contributed by atoms with Crippen molar-refractivity contribution < 1.29 is 9.53 Å². The third kappa shape index (κ3) is 5.03. The van der Waals surface area contributed by atoms with Crippen molar-refractivity contribution in [2.45, 2.75) is 31.6 Å². The number of benzene rings is 1. The van der Waals surface area contributed by atoms with E-state index in [1.165, 1.54) is 5.56 Å². The number of likely N-dealkylation sites (tertiary alicyclic amines) is 1. The zero-order valence-corrected chi connectivity index (χ0v) is 17.3. The molecule has 3 aromatic rings. The molecule has 5 nitrogen and oxygen atoms in total. The molecule has 30 heavy (non-hydrogen) atoms.